The molecule has 0 unspecified atom stereocenters. The molecule has 0 aromatic rings. The van der Waals surface area contributed by atoms with Crippen molar-refractivity contribution in [1.29, 1.82) is 0 Å². The van der Waals surface area contributed by atoms with Crippen molar-refractivity contribution in [2.45, 2.75) is 62.8 Å². The second kappa shape index (κ2) is 7.35. The van der Waals surface area contributed by atoms with Crippen molar-refractivity contribution >= 4 is 8.18 Å². The van der Waals surface area contributed by atoms with Gasteiger partial charge < -0.3 is 0 Å². The van der Waals surface area contributed by atoms with Gasteiger partial charge >= 0.3 is 97.2 Å². The molecule has 0 fully saturated rings. The van der Waals surface area contributed by atoms with Crippen molar-refractivity contribution in [3.8, 4) is 0 Å². The summed E-state index contributed by atoms with van der Waals surface area (Å²) < 4.78 is 2.32. The van der Waals surface area contributed by atoms with E-state index in [-0.39, 0.29) is 8.18 Å². The van der Waals surface area contributed by atoms with Gasteiger partial charge in [0.05, 0.1) is 0 Å². The van der Waals surface area contributed by atoms with Gasteiger partial charge in [-0.2, -0.15) is 0 Å². The molecule has 0 aliphatic rings. The van der Waals surface area contributed by atoms with Crippen LogP contribution in [0.25, 0.3) is 0 Å². The van der Waals surface area contributed by atoms with Crippen LogP contribution < -0.4 is 0 Å². The Hall–Kier alpha value is 0.0543. The molecule has 2 nitrogen and oxygen atoms in total. The van der Waals surface area contributed by atoms with Crippen LogP contribution in [0.3, 0.4) is 0 Å². The first-order valence-electron chi connectivity index (χ1n) is 6.03. The van der Waals surface area contributed by atoms with Gasteiger partial charge in [-0.05, 0) is 0 Å². The van der Waals surface area contributed by atoms with Crippen LogP contribution in [0.1, 0.15) is 53.4 Å². The first-order valence-corrected chi connectivity index (χ1v) is 9.80. The van der Waals surface area contributed by atoms with Crippen LogP contribution in [-0.4, -0.2) is 8.18 Å². The number of rotatable bonds is 8. The van der Waals surface area contributed by atoms with E-state index in [1.807, 2.05) is 0 Å². The van der Waals surface area contributed by atoms with E-state index in [1.165, 1.54) is 0 Å². The van der Waals surface area contributed by atoms with E-state index in [2.05, 4.69) is 13.8 Å². The Bertz CT molecular complexity index is 200. The Morgan fingerprint density at radius 2 is 1.20 bits per heavy atom. The van der Waals surface area contributed by atoms with Crippen LogP contribution in [0.4, 0.5) is 0 Å². The molecule has 88 valence electrons. The van der Waals surface area contributed by atoms with E-state index in [0.29, 0.717) is 0 Å². The van der Waals surface area contributed by atoms with Crippen LogP contribution in [0, 0.1) is 0 Å². The molecule has 0 rings (SSSR count). The summed E-state index contributed by atoms with van der Waals surface area (Å²) in [7, 11) is 0. The molecule has 0 aromatic heterocycles. The van der Waals surface area contributed by atoms with E-state index < -0.39 is 16.6 Å². The molecule has 0 saturated heterocycles. The van der Waals surface area contributed by atoms with Gasteiger partial charge in [-0.25, -0.2) is 0 Å². The minimum absolute atomic E-state index is 0.240. The third-order valence-electron chi connectivity index (χ3n) is 3.26. The van der Waals surface area contributed by atoms with Gasteiger partial charge in [0.25, 0.3) is 0 Å². The van der Waals surface area contributed by atoms with Gasteiger partial charge in [0.15, 0.2) is 0 Å². The Morgan fingerprint density at radius 3 is 1.40 bits per heavy atom. The van der Waals surface area contributed by atoms with Crippen molar-refractivity contribution in [3.05, 3.63) is 0 Å². The molecule has 0 radical (unpaired) electrons. The summed E-state index contributed by atoms with van der Waals surface area (Å²) in [5, 5.41) is 0. The second-order valence-electron chi connectivity index (χ2n) is 4.40. The minimum atomic E-state index is -2.83. The molecule has 0 atom stereocenters. The predicted molar refractivity (Wildman–Crippen MR) is 60.8 cm³/mol. The molecular formula is C12H24O2Ti. The van der Waals surface area contributed by atoms with Gasteiger partial charge in [-0.3, -0.25) is 0 Å². The fraction of sp³-hybridized carbons (Fsp3) is 0.833. The number of hydrogen-bond acceptors (Lipinski definition) is 2. The monoisotopic (exact) mass is 248 g/mol. The SMILES string of the molecule is CCC[CH2][Ti]([CH2]CCC)([C](C)=O)[C](C)=O. The fourth-order valence-corrected chi connectivity index (χ4v) is 8.39. The number of unbranched alkanes of at least 4 members (excludes halogenated alkanes) is 2. The molecule has 0 N–H and O–H groups in total. The molecule has 0 saturated carbocycles. The summed E-state index contributed by atoms with van der Waals surface area (Å²) in [6.45, 7) is 7.53. The molecule has 0 heterocycles. The summed E-state index contributed by atoms with van der Waals surface area (Å²) in [5.74, 6) is 0. The van der Waals surface area contributed by atoms with E-state index in [0.717, 1.165) is 35.1 Å². The number of carbonyl (C=O) groups is 2. The zero-order chi connectivity index (χ0) is 11.9. The van der Waals surface area contributed by atoms with E-state index in [4.69, 9.17) is 0 Å². The van der Waals surface area contributed by atoms with Crippen LogP contribution in [0.2, 0.25) is 9.45 Å². The van der Waals surface area contributed by atoms with E-state index >= 15 is 0 Å². The zero-order valence-electron chi connectivity index (χ0n) is 10.6. The molecule has 0 aliphatic heterocycles. The quantitative estimate of drug-likeness (QED) is 0.614. The molecule has 0 amide bonds. The summed E-state index contributed by atoms with van der Waals surface area (Å²) in [5.41, 5.74) is 0. The summed E-state index contributed by atoms with van der Waals surface area (Å²) in [6.07, 6.45) is 4.26. The van der Waals surface area contributed by atoms with Gasteiger partial charge in [0.2, 0.25) is 0 Å². The second-order valence-corrected chi connectivity index (χ2v) is 11.5. The number of hydrogen-bond donors (Lipinski definition) is 0. The van der Waals surface area contributed by atoms with E-state index in [1.54, 1.807) is 13.8 Å². The van der Waals surface area contributed by atoms with Crippen LogP contribution in [0.5, 0.6) is 0 Å². The average molecular weight is 248 g/mol. The van der Waals surface area contributed by atoms with Crippen molar-refractivity contribution < 1.29 is 26.2 Å². The summed E-state index contributed by atoms with van der Waals surface area (Å²) in [4.78, 5) is 23.6. The molecule has 0 aromatic carbocycles. The average Bonchev–Trinajstić information content (AvgIpc) is 2.17. The number of carbonyl (C=O) groups excluding carboxylic acids is 2. The van der Waals surface area contributed by atoms with Crippen molar-refractivity contribution in [2.24, 2.45) is 0 Å². The van der Waals surface area contributed by atoms with Gasteiger partial charge in [-0.15, -0.1) is 0 Å². The standard InChI is InChI=1S/2C4H9.2C2H3O.Ti/c2*1-3-4-2;2*1-2-3;/h2*1,3-4H2,2H3;2*1H3;. The summed E-state index contributed by atoms with van der Waals surface area (Å²) in [6, 6.07) is 0. The molecule has 0 aliphatic carbocycles. The van der Waals surface area contributed by atoms with Crippen LogP contribution in [0.15, 0.2) is 0 Å². The molecule has 0 spiro atoms. The topological polar surface area (TPSA) is 34.1 Å². The van der Waals surface area contributed by atoms with Gasteiger partial charge in [-0.1, -0.05) is 0 Å². The Labute approximate surface area is 97.2 Å². The van der Waals surface area contributed by atoms with E-state index in [9.17, 15) is 9.59 Å². The van der Waals surface area contributed by atoms with Crippen molar-refractivity contribution in [3.63, 3.8) is 0 Å². The van der Waals surface area contributed by atoms with Crippen LogP contribution in [-0.2, 0) is 26.2 Å². The van der Waals surface area contributed by atoms with Crippen molar-refractivity contribution in [1.82, 2.24) is 0 Å². The predicted octanol–water partition coefficient (Wildman–Crippen LogP) is 3.67. The van der Waals surface area contributed by atoms with Gasteiger partial charge in [0.1, 0.15) is 0 Å². The Kier molecular flexibility index (Phi) is 7.37. The normalized spacial score (nSPS) is 11.5. The first-order chi connectivity index (χ1) is 7.01. The third-order valence-corrected chi connectivity index (χ3v) is 11.2. The fourth-order valence-electron chi connectivity index (χ4n) is 2.03. The van der Waals surface area contributed by atoms with Crippen LogP contribution >= 0.6 is 0 Å². The maximum atomic E-state index is 11.8. The molecule has 15 heavy (non-hydrogen) atoms. The molecular weight excluding hydrogens is 224 g/mol. The maximum absolute atomic E-state index is 11.8. The van der Waals surface area contributed by atoms with Crippen molar-refractivity contribution in [2.75, 3.05) is 0 Å². The molecule has 0 bridgehead atoms. The molecule has 3 heteroatoms. The van der Waals surface area contributed by atoms with Gasteiger partial charge in [0, 0.05) is 0 Å². The summed E-state index contributed by atoms with van der Waals surface area (Å²) >= 11 is -2.83. The Balaban J connectivity index is 4.73. The Morgan fingerprint density at radius 1 is 0.867 bits per heavy atom. The zero-order valence-corrected chi connectivity index (χ0v) is 12.1. The third kappa shape index (κ3) is 4.20. The first kappa shape index (κ1) is 15.1.